The van der Waals surface area contributed by atoms with Gasteiger partial charge in [-0.05, 0) is 31.9 Å². The van der Waals surface area contributed by atoms with Gasteiger partial charge in [-0.3, -0.25) is 14.4 Å². The number of nitrogens with one attached hydrogen (secondary N) is 1. The van der Waals surface area contributed by atoms with Gasteiger partial charge in [0.1, 0.15) is 6.07 Å². The van der Waals surface area contributed by atoms with Crippen molar-refractivity contribution in [1.82, 2.24) is 4.90 Å². The molecule has 1 aliphatic carbocycles. The van der Waals surface area contributed by atoms with Crippen molar-refractivity contribution in [3.63, 3.8) is 0 Å². The number of nitriles is 1. The normalized spacial score (nSPS) is 18.9. The molecule has 2 amide bonds. The van der Waals surface area contributed by atoms with Gasteiger partial charge in [-0.15, -0.1) is 0 Å². The summed E-state index contributed by atoms with van der Waals surface area (Å²) in [4.78, 5) is 40.0. The topological polar surface area (TPSA) is 109 Å². The summed E-state index contributed by atoms with van der Waals surface area (Å²) in [5, 5.41) is 11.8. The first-order valence-electron chi connectivity index (χ1n) is 10.3. The van der Waals surface area contributed by atoms with Crippen LogP contribution >= 0.6 is 0 Å². The third-order valence-electron chi connectivity index (χ3n) is 5.81. The largest absolute Gasteiger partial charge is 0.452 e. The Hall–Kier alpha value is -2.92. The predicted molar refractivity (Wildman–Crippen MR) is 108 cm³/mol. The van der Waals surface area contributed by atoms with E-state index in [1.807, 2.05) is 6.07 Å². The van der Waals surface area contributed by atoms with Crippen LogP contribution in [-0.2, 0) is 23.9 Å². The molecule has 3 rings (SSSR count). The minimum absolute atomic E-state index is 0.0720. The number of amides is 2. The van der Waals surface area contributed by atoms with E-state index in [9.17, 15) is 14.4 Å². The van der Waals surface area contributed by atoms with Crippen LogP contribution in [0, 0.1) is 16.7 Å². The van der Waals surface area contributed by atoms with E-state index in [2.05, 4.69) is 5.32 Å². The summed E-state index contributed by atoms with van der Waals surface area (Å²) in [6.45, 7) is 3.56. The van der Waals surface area contributed by atoms with Crippen LogP contribution in [0.2, 0.25) is 0 Å². The molecular weight excluding hydrogens is 386 g/mol. The van der Waals surface area contributed by atoms with Crippen molar-refractivity contribution in [3.05, 3.63) is 29.8 Å². The summed E-state index contributed by atoms with van der Waals surface area (Å²) in [6.07, 6.45) is 1.90. The summed E-state index contributed by atoms with van der Waals surface area (Å²) in [5.74, 6) is -1.09. The molecule has 1 aromatic carbocycles. The molecular formula is C22H27N3O5. The second-order valence-corrected chi connectivity index (χ2v) is 7.85. The van der Waals surface area contributed by atoms with Gasteiger partial charge in [-0.25, -0.2) is 0 Å². The molecule has 8 heteroatoms. The number of para-hydroxylation sites is 1. The Morgan fingerprint density at radius 3 is 2.57 bits per heavy atom. The van der Waals surface area contributed by atoms with Crippen molar-refractivity contribution < 1.29 is 23.9 Å². The number of carbonyl (C=O) groups excluding carboxylic acids is 3. The summed E-state index contributed by atoms with van der Waals surface area (Å²) < 4.78 is 10.8. The van der Waals surface area contributed by atoms with Gasteiger partial charge >= 0.3 is 5.97 Å². The number of hydrogen-bond donors (Lipinski definition) is 1. The third-order valence-corrected chi connectivity index (χ3v) is 5.81. The fourth-order valence-corrected chi connectivity index (χ4v) is 3.98. The second-order valence-electron chi connectivity index (χ2n) is 7.85. The Labute approximate surface area is 176 Å². The van der Waals surface area contributed by atoms with E-state index in [-0.39, 0.29) is 12.3 Å². The van der Waals surface area contributed by atoms with E-state index in [0.29, 0.717) is 50.4 Å². The third kappa shape index (κ3) is 4.97. The first kappa shape index (κ1) is 21.8. The van der Waals surface area contributed by atoms with Crippen molar-refractivity contribution in [2.75, 3.05) is 31.6 Å². The van der Waals surface area contributed by atoms with Gasteiger partial charge in [0.15, 0.2) is 6.10 Å². The van der Waals surface area contributed by atoms with Gasteiger partial charge in [0.05, 0.1) is 29.9 Å². The summed E-state index contributed by atoms with van der Waals surface area (Å²) in [6, 6.07) is 8.63. The molecule has 160 valence electrons. The fraction of sp³-hybridized carbons (Fsp3) is 0.545. The van der Waals surface area contributed by atoms with Gasteiger partial charge in [0.25, 0.3) is 5.91 Å². The van der Waals surface area contributed by atoms with Crippen molar-refractivity contribution in [1.29, 1.82) is 5.26 Å². The smallest absolute Gasteiger partial charge is 0.313 e. The van der Waals surface area contributed by atoms with Crippen LogP contribution in [0.15, 0.2) is 24.3 Å². The van der Waals surface area contributed by atoms with Crippen LogP contribution in [0.4, 0.5) is 5.69 Å². The predicted octanol–water partition coefficient (Wildman–Crippen LogP) is 2.24. The van der Waals surface area contributed by atoms with Crippen molar-refractivity contribution in [2.45, 2.75) is 45.1 Å². The number of hydrogen-bond acceptors (Lipinski definition) is 6. The standard InChI is InChI=1S/C22H27N3O5/c1-16(20(27)24-18-7-3-2-6-17(18)15-23)30-21(28)22(8-4-5-9-22)14-19(26)25-10-12-29-13-11-25/h2-3,6-7,16H,4-5,8-14H2,1H3,(H,24,27). The molecule has 1 N–H and O–H groups in total. The van der Waals surface area contributed by atoms with Crippen molar-refractivity contribution in [3.8, 4) is 6.07 Å². The first-order valence-corrected chi connectivity index (χ1v) is 10.3. The van der Waals surface area contributed by atoms with E-state index >= 15 is 0 Å². The van der Waals surface area contributed by atoms with Crippen LogP contribution in [0.3, 0.4) is 0 Å². The highest BCUT2D eigenvalue weighted by Gasteiger charge is 2.46. The van der Waals surface area contributed by atoms with Crippen LogP contribution in [0.5, 0.6) is 0 Å². The van der Waals surface area contributed by atoms with Crippen LogP contribution in [0.25, 0.3) is 0 Å². The highest BCUT2D eigenvalue weighted by molar-refractivity contribution is 5.96. The molecule has 2 fully saturated rings. The van der Waals surface area contributed by atoms with Crippen LogP contribution < -0.4 is 5.32 Å². The lowest BCUT2D eigenvalue weighted by Gasteiger charge is -2.32. The van der Waals surface area contributed by atoms with Gasteiger partial charge in [-0.2, -0.15) is 5.26 Å². The number of ether oxygens (including phenoxy) is 2. The Balaban J connectivity index is 1.63. The zero-order valence-electron chi connectivity index (χ0n) is 17.2. The number of morpholine rings is 1. The highest BCUT2D eigenvalue weighted by atomic mass is 16.5. The maximum absolute atomic E-state index is 13.0. The average molecular weight is 413 g/mol. The summed E-state index contributed by atoms with van der Waals surface area (Å²) in [7, 11) is 0. The quantitative estimate of drug-likeness (QED) is 0.717. The zero-order chi connectivity index (χ0) is 21.6. The van der Waals surface area contributed by atoms with E-state index < -0.39 is 23.4 Å². The van der Waals surface area contributed by atoms with E-state index in [1.165, 1.54) is 6.92 Å². The van der Waals surface area contributed by atoms with Gasteiger partial charge in [-0.1, -0.05) is 25.0 Å². The molecule has 0 spiro atoms. The van der Waals surface area contributed by atoms with E-state index in [0.717, 1.165) is 12.8 Å². The molecule has 2 aliphatic rings. The maximum atomic E-state index is 13.0. The monoisotopic (exact) mass is 413 g/mol. The average Bonchev–Trinajstić information content (AvgIpc) is 3.24. The van der Waals surface area contributed by atoms with Crippen LogP contribution in [0.1, 0.15) is 44.6 Å². The summed E-state index contributed by atoms with van der Waals surface area (Å²) in [5.41, 5.74) is -0.187. The van der Waals surface area contributed by atoms with Gasteiger partial charge < -0.3 is 19.7 Å². The molecule has 0 bridgehead atoms. The number of rotatable bonds is 6. The highest BCUT2D eigenvalue weighted by Crippen LogP contribution is 2.43. The Morgan fingerprint density at radius 2 is 1.90 bits per heavy atom. The molecule has 1 saturated carbocycles. The number of carbonyl (C=O) groups is 3. The lowest BCUT2D eigenvalue weighted by atomic mass is 9.82. The molecule has 1 unspecified atom stereocenters. The fourth-order valence-electron chi connectivity index (χ4n) is 3.98. The molecule has 1 aromatic rings. The second kappa shape index (κ2) is 9.72. The number of esters is 1. The Morgan fingerprint density at radius 1 is 1.23 bits per heavy atom. The van der Waals surface area contributed by atoms with E-state index in [4.69, 9.17) is 14.7 Å². The molecule has 1 heterocycles. The first-order chi connectivity index (χ1) is 14.4. The summed E-state index contributed by atoms with van der Waals surface area (Å²) >= 11 is 0. The van der Waals surface area contributed by atoms with Gasteiger partial charge in [0, 0.05) is 19.5 Å². The van der Waals surface area contributed by atoms with Crippen molar-refractivity contribution >= 4 is 23.5 Å². The van der Waals surface area contributed by atoms with Crippen molar-refractivity contribution in [2.24, 2.45) is 5.41 Å². The maximum Gasteiger partial charge on any atom is 0.313 e. The zero-order valence-corrected chi connectivity index (χ0v) is 17.2. The number of anilines is 1. The number of benzene rings is 1. The minimum atomic E-state index is -1.04. The molecule has 0 radical (unpaired) electrons. The molecule has 1 saturated heterocycles. The lowest BCUT2D eigenvalue weighted by Crippen LogP contribution is -2.45. The number of nitrogens with zero attached hydrogens (tertiary/aromatic N) is 2. The Bertz CT molecular complexity index is 835. The Kier molecular flexibility index (Phi) is 7.06. The molecule has 0 aromatic heterocycles. The molecule has 30 heavy (non-hydrogen) atoms. The van der Waals surface area contributed by atoms with Gasteiger partial charge in [0.2, 0.25) is 5.91 Å². The minimum Gasteiger partial charge on any atom is -0.452 e. The molecule has 1 atom stereocenters. The SMILES string of the molecule is CC(OC(=O)C1(CC(=O)N2CCOCC2)CCCC1)C(=O)Nc1ccccc1C#N. The van der Waals surface area contributed by atoms with E-state index in [1.54, 1.807) is 29.2 Å². The lowest BCUT2D eigenvalue weighted by molar-refractivity contribution is -0.166. The molecule has 1 aliphatic heterocycles. The molecule has 8 nitrogen and oxygen atoms in total. The van der Waals surface area contributed by atoms with Crippen LogP contribution in [-0.4, -0.2) is 55.1 Å².